The van der Waals surface area contributed by atoms with E-state index in [2.05, 4.69) is 21.2 Å². The van der Waals surface area contributed by atoms with Gasteiger partial charge in [0.2, 0.25) is 0 Å². The predicted octanol–water partition coefficient (Wildman–Crippen LogP) is 3.12. The first-order valence-electron chi connectivity index (χ1n) is 5.77. The van der Waals surface area contributed by atoms with E-state index in [1.54, 1.807) is 12.1 Å². The van der Waals surface area contributed by atoms with Crippen LogP contribution >= 0.6 is 15.9 Å². The fourth-order valence-corrected chi connectivity index (χ4v) is 2.11. The first-order chi connectivity index (χ1) is 9.88. The van der Waals surface area contributed by atoms with Gasteiger partial charge in [-0.3, -0.25) is 4.79 Å². The van der Waals surface area contributed by atoms with Gasteiger partial charge in [0.1, 0.15) is 5.82 Å². The van der Waals surface area contributed by atoms with Gasteiger partial charge in [-0.1, -0.05) is 0 Å². The molecule has 2 aromatic rings. The second-order valence-electron chi connectivity index (χ2n) is 4.19. The molecule has 0 fully saturated rings. The van der Waals surface area contributed by atoms with Crippen LogP contribution in [0.5, 0.6) is 0 Å². The van der Waals surface area contributed by atoms with Crippen molar-refractivity contribution in [3.63, 3.8) is 0 Å². The lowest BCUT2D eigenvalue weighted by Gasteiger charge is -2.08. The van der Waals surface area contributed by atoms with Crippen molar-refractivity contribution in [1.82, 2.24) is 0 Å². The monoisotopic (exact) mass is 352 g/mol. The van der Waals surface area contributed by atoms with E-state index in [0.29, 0.717) is 10.2 Å². The van der Waals surface area contributed by atoms with Crippen LogP contribution in [0.4, 0.5) is 15.8 Å². The number of carbonyl (C=O) groups is 2. The third-order valence-corrected chi connectivity index (χ3v) is 3.38. The molecule has 0 spiro atoms. The van der Waals surface area contributed by atoms with Crippen molar-refractivity contribution < 1.29 is 19.1 Å². The van der Waals surface area contributed by atoms with Gasteiger partial charge in [0.05, 0.1) is 11.1 Å². The number of carbonyl (C=O) groups excluding carboxylic acids is 1. The van der Waals surface area contributed by atoms with Crippen molar-refractivity contribution >= 4 is 39.2 Å². The average molecular weight is 353 g/mol. The standard InChI is InChI=1S/C14H10BrFN2O3/c15-11-4-1-7(17)5-10(11)13(19)18-8-2-3-9(14(20)21)12(16)6-8/h1-6H,17H2,(H,18,19)(H,20,21). The topological polar surface area (TPSA) is 92.4 Å². The summed E-state index contributed by atoms with van der Waals surface area (Å²) in [5, 5.41) is 11.2. The molecular weight excluding hydrogens is 343 g/mol. The summed E-state index contributed by atoms with van der Waals surface area (Å²) in [6.07, 6.45) is 0. The molecule has 0 aliphatic carbocycles. The van der Waals surface area contributed by atoms with Gasteiger partial charge in [0.15, 0.2) is 0 Å². The van der Waals surface area contributed by atoms with Gasteiger partial charge in [-0.05, 0) is 52.3 Å². The molecular formula is C14H10BrFN2O3. The summed E-state index contributed by atoms with van der Waals surface area (Å²) in [6.45, 7) is 0. The number of nitrogens with one attached hydrogen (secondary N) is 1. The van der Waals surface area contributed by atoms with Crippen LogP contribution in [0.3, 0.4) is 0 Å². The van der Waals surface area contributed by atoms with Crippen molar-refractivity contribution in [3.05, 3.63) is 57.8 Å². The summed E-state index contributed by atoms with van der Waals surface area (Å²) in [5.74, 6) is -2.78. The number of aromatic carboxylic acids is 1. The van der Waals surface area contributed by atoms with Gasteiger partial charge >= 0.3 is 5.97 Å². The Kier molecular flexibility index (Phi) is 4.23. The SMILES string of the molecule is Nc1ccc(Br)c(C(=O)Nc2ccc(C(=O)O)c(F)c2)c1. The van der Waals surface area contributed by atoms with Crippen LogP contribution in [-0.4, -0.2) is 17.0 Å². The van der Waals surface area contributed by atoms with Crippen LogP contribution in [0, 0.1) is 5.82 Å². The van der Waals surface area contributed by atoms with E-state index in [1.165, 1.54) is 12.1 Å². The van der Waals surface area contributed by atoms with Crippen LogP contribution in [0.1, 0.15) is 20.7 Å². The molecule has 7 heteroatoms. The summed E-state index contributed by atoms with van der Waals surface area (Å²) >= 11 is 3.22. The molecule has 4 N–H and O–H groups in total. The first-order valence-corrected chi connectivity index (χ1v) is 6.57. The molecule has 0 saturated carbocycles. The lowest BCUT2D eigenvalue weighted by atomic mass is 10.1. The Morgan fingerprint density at radius 1 is 1.14 bits per heavy atom. The molecule has 1 amide bonds. The Hall–Kier alpha value is -2.41. The van der Waals surface area contributed by atoms with Gasteiger partial charge < -0.3 is 16.2 Å². The third kappa shape index (κ3) is 3.38. The van der Waals surface area contributed by atoms with Crippen LogP contribution in [0.25, 0.3) is 0 Å². The van der Waals surface area contributed by atoms with Gasteiger partial charge in [-0.15, -0.1) is 0 Å². The number of anilines is 2. The first kappa shape index (κ1) is 15.0. The smallest absolute Gasteiger partial charge is 0.338 e. The number of nitrogen functional groups attached to an aromatic ring is 1. The Morgan fingerprint density at radius 2 is 1.86 bits per heavy atom. The molecule has 0 aromatic heterocycles. The fourth-order valence-electron chi connectivity index (χ4n) is 1.68. The normalized spacial score (nSPS) is 10.2. The minimum absolute atomic E-state index is 0.150. The highest BCUT2D eigenvalue weighted by atomic mass is 79.9. The minimum Gasteiger partial charge on any atom is -0.478 e. The van der Waals surface area contributed by atoms with Crippen molar-refractivity contribution in [2.45, 2.75) is 0 Å². The zero-order valence-electron chi connectivity index (χ0n) is 10.6. The van der Waals surface area contributed by atoms with Crippen LogP contribution in [0.2, 0.25) is 0 Å². The zero-order chi connectivity index (χ0) is 15.6. The predicted molar refractivity (Wildman–Crippen MR) is 79.9 cm³/mol. The quantitative estimate of drug-likeness (QED) is 0.740. The highest BCUT2D eigenvalue weighted by molar-refractivity contribution is 9.10. The highest BCUT2D eigenvalue weighted by Crippen LogP contribution is 2.22. The number of rotatable bonds is 3. The van der Waals surface area contributed by atoms with Crippen LogP contribution in [0.15, 0.2) is 40.9 Å². The van der Waals surface area contributed by atoms with Crippen molar-refractivity contribution in [1.29, 1.82) is 0 Å². The fraction of sp³-hybridized carbons (Fsp3) is 0. The zero-order valence-corrected chi connectivity index (χ0v) is 12.1. The maximum Gasteiger partial charge on any atom is 0.338 e. The number of carboxylic acid groups (broad SMARTS) is 1. The molecule has 0 radical (unpaired) electrons. The molecule has 108 valence electrons. The highest BCUT2D eigenvalue weighted by Gasteiger charge is 2.14. The van der Waals surface area contributed by atoms with E-state index in [0.717, 1.165) is 12.1 Å². The average Bonchev–Trinajstić information content (AvgIpc) is 2.41. The maximum atomic E-state index is 13.5. The van der Waals surface area contributed by atoms with E-state index in [1.807, 2.05) is 0 Å². The van der Waals surface area contributed by atoms with E-state index >= 15 is 0 Å². The summed E-state index contributed by atoms with van der Waals surface area (Å²) in [4.78, 5) is 22.8. The van der Waals surface area contributed by atoms with Crippen molar-refractivity contribution in [3.8, 4) is 0 Å². The maximum absolute atomic E-state index is 13.5. The Balaban J connectivity index is 2.26. The van der Waals surface area contributed by atoms with Gasteiger partial charge in [0, 0.05) is 15.8 Å². The Bertz CT molecular complexity index is 734. The summed E-state index contributed by atoms with van der Waals surface area (Å²) in [5.41, 5.74) is 6.00. The molecule has 2 aromatic carbocycles. The van der Waals surface area contributed by atoms with Gasteiger partial charge in [0.25, 0.3) is 5.91 Å². The molecule has 0 atom stereocenters. The van der Waals surface area contributed by atoms with Crippen LogP contribution < -0.4 is 11.1 Å². The van der Waals surface area contributed by atoms with E-state index < -0.39 is 23.3 Å². The number of amides is 1. The number of hydrogen-bond donors (Lipinski definition) is 3. The molecule has 0 aliphatic heterocycles. The second kappa shape index (κ2) is 5.92. The number of hydrogen-bond acceptors (Lipinski definition) is 3. The van der Waals surface area contributed by atoms with E-state index in [4.69, 9.17) is 10.8 Å². The molecule has 2 rings (SSSR count). The number of halogens is 2. The molecule has 0 bridgehead atoms. The molecule has 5 nitrogen and oxygen atoms in total. The summed E-state index contributed by atoms with van der Waals surface area (Å²) < 4.78 is 14.1. The molecule has 0 heterocycles. The largest absolute Gasteiger partial charge is 0.478 e. The Morgan fingerprint density at radius 3 is 2.48 bits per heavy atom. The van der Waals surface area contributed by atoms with Gasteiger partial charge in [-0.25, -0.2) is 9.18 Å². The summed E-state index contributed by atoms with van der Waals surface area (Å²) in [6, 6.07) is 8.07. The minimum atomic E-state index is -1.37. The number of nitrogens with two attached hydrogens (primary N) is 1. The second-order valence-corrected chi connectivity index (χ2v) is 5.05. The number of benzene rings is 2. The number of carboxylic acids is 1. The Labute approximate surface area is 127 Å². The molecule has 0 unspecified atom stereocenters. The lowest BCUT2D eigenvalue weighted by Crippen LogP contribution is -2.13. The molecule has 0 aliphatic rings. The van der Waals surface area contributed by atoms with Gasteiger partial charge in [-0.2, -0.15) is 0 Å². The van der Waals surface area contributed by atoms with E-state index in [-0.39, 0.29) is 11.3 Å². The molecule has 0 saturated heterocycles. The third-order valence-electron chi connectivity index (χ3n) is 2.69. The summed E-state index contributed by atoms with van der Waals surface area (Å²) in [7, 11) is 0. The lowest BCUT2D eigenvalue weighted by molar-refractivity contribution is 0.0692. The van der Waals surface area contributed by atoms with Crippen LogP contribution in [-0.2, 0) is 0 Å². The van der Waals surface area contributed by atoms with Crippen molar-refractivity contribution in [2.75, 3.05) is 11.1 Å². The van der Waals surface area contributed by atoms with Crippen molar-refractivity contribution in [2.24, 2.45) is 0 Å². The van der Waals surface area contributed by atoms with E-state index in [9.17, 15) is 14.0 Å². The molecule has 21 heavy (non-hydrogen) atoms.